The molecule has 4 rings (SSSR count). The van der Waals surface area contributed by atoms with Crippen LogP contribution in [0.25, 0.3) is 10.9 Å². The largest absolute Gasteiger partial charge is 0.361 e. The van der Waals surface area contributed by atoms with E-state index in [1.807, 2.05) is 60.8 Å². The molecule has 1 aliphatic heterocycles. The van der Waals surface area contributed by atoms with Gasteiger partial charge < -0.3 is 10.3 Å². The Labute approximate surface area is 132 Å². The van der Waals surface area contributed by atoms with Crippen LogP contribution >= 0.6 is 12.2 Å². The van der Waals surface area contributed by atoms with Gasteiger partial charge in [0.15, 0.2) is 5.11 Å². The zero-order chi connectivity index (χ0) is 15.1. The third-order valence-corrected chi connectivity index (χ3v) is 4.19. The number of H-pyrrole nitrogens is 1. The fourth-order valence-corrected chi connectivity index (χ4v) is 3.16. The summed E-state index contributed by atoms with van der Waals surface area (Å²) in [5, 5.41) is 4.60. The van der Waals surface area contributed by atoms with E-state index in [9.17, 15) is 4.79 Å². The van der Waals surface area contributed by atoms with E-state index in [1.54, 1.807) is 4.90 Å². The molecule has 0 saturated carbocycles. The Balaban J connectivity index is 1.76. The summed E-state index contributed by atoms with van der Waals surface area (Å²) in [4.78, 5) is 17.6. The van der Waals surface area contributed by atoms with Crippen LogP contribution in [-0.2, 0) is 4.79 Å². The Kier molecular flexibility index (Phi) is 2.94. The number of amides is 1. The van der Waals surface area contributed by atoms with Gasteiger partial charge in [0.05, 0.1) is 5.69 Å². The molecule has 1 unspecified atom stereocenters. The fourth-order valence-electron chi connectivity index (χ4n) is 2.84. The zero-order valence-electron chi connectivity index (χ0n) is 11.6. The molecular weight excluding hydrogens is 294 g/mol. The van der Waals surface area contributed by atoms with Crippen LogP contribution in [0, 0.1) is 0 Å². The number of aromatic nitrogens is 1. The molecule has 2 aromatic carbocycles. The number of benzene rings is 2. The van der Waals surface area contributed by atoms with Gasteiger partial charge in [-0.1, -0.05) is 36.4 Å². The van der Waals surface area contributed by atoms with Gasteiger partial charge in [0, 0.05) is 22.7 Å². The van der Waals surface area contributed by atoms with Gasteiger partial charge in [0.2, 0.25) is 0 Å². The smallest absolute Gasteiger partial charge is 0.260 e. The molecule has 1 atom stereocenters. The fraction of sp³-hybridized carbons (Fsp3) is 0.0588. The van der Waals surface area contributed by atoms with Crippen molar-refractivity contribution < 1.29 is 4.79 Å². The lowest BCUT2D eigenvalue weighted by molar-refractivity contribution is -0.118. The highest BCUT2D eigenvalue weighted by atomic mass is 32.1. The van der Waals surface area contributed by atoms with Gasteiger partial charge in [-0.05, 0) is 30.4 Å². The number of nitrogens with one attached hydrogen (secondary N) is 2. The standard InChI is InChI=1S/C17H13N3OS/c21-16-15(13-10-18-14-9-5-4-8-12(13)14)19-17(22)20(16)11-6-2-1-3-7-11/h1-10,15,18H,(H,19,22). The van der Waals surface area contributed by atoms with Gasteiger partial charge in [-0.2, -0.15) is 0 Å². The summed E-state index contributed by atoms with van der Waals surface area (Å²) >= 11 is 5.36. The van der Waals surface area contributed by atoms with Gasteiger partial charge in [0.25, 0.3) is 5.91 Å². The molecule has 5 heteroatoms. The molecule has 2 N–H and O–H groups in total. The summed E-state index contributed by atoms with van der Waals surface area (Å²) < 4.78 is 0. The van der Waals surface area contributed by atoms with Crippen molar-refractivity contribution in [3.8, 4) is 0 Å². The maximum absolute atomic E-state index is 12.8. The molecule has 1 aliphatic rings. The van der Waals surface area contributed by atoms with Crippen molar-refractivity contribution in [1.29, 1.82) is 0 Å². The molecule has 0 radical (unpaired) electrons. The summed E-state index contributed by atoms with van der Waals surface area (Å²) in [6.45, 7) is 0. The normalized spacial score (nSPS) is 18.0. The lowest BCUT2D eigenvalue weighted by Crippen LogP contribution is -2.30. The minimum Gasteiger partial charge on any atom is -0.361 e. The molecule has 1 saturated heterocycles. The molecule has 108 valence electrons. The topological polar surface area (TPSA) is 48.1 Å². The predicted octanol–water partition coefficient (Wildman–Crippen LogP) is 3.13. The summed E-state index contributed by atoms with van der Waals surface area (Å²) in [5.41, 5.74) is 2.71. The average molecular weight is 307 g/mol. The highest BCUT2D eigenvalue weighted by molar-refractivity contribution is 7.80. The number of carbonyl (C=O) groups excluding carboxylic acids is 1. The Bertz CT molecular complexity index is 872. The predicted molar refractivity (Wildman–Crippen MR) is 90.7 cm³/mol. The maximum Gasteiger partial charge on any atom is 0.260 e. The van der Waals surface area contributed by atoms with Crippen molar-refractivity contribution in [3.05, 3.63) is 66.4 Å². The van der Waals surface area contributed by atoms with Gasteiger partial charge in [-0.25, -0.2) is 0 Å². The second-order valence-electron chi connectivity index (χ2n) is 5.18. The van der Waals surface area contributed by atoms with E-state index in [1.165, 1.54) is 0 Å². The second kappa shape index (κ2) is 4.96. The van der Waals surface area contributed by atoms with E-state index < -0.39 is 6.04 Å². The van der Waals surface area contributed by atoms with E-state index in [4.69, 9.17) is 12.2 Å². The van der Waals surface area contributed by atoms with Crippen molar-refractivity contribution in [2.75, 3.05) is 4.90 Å². The zero-order valence-corrected chi connectivity index (χ0v) is 12.4. The molecule has 1 aromatic heterocycles. The SMILES string of the molecule is O=C1C(c2c[nH]c3ccccc23)NC(=S)N1c1ccccc1. The first-order chi connectivity index (χ1) is 10.8. The lowest BCUT2D eigenvalue weighted by Gasteiger charge is -2.14. The molecule has 0 bridgehead atoms. The monoisotopic (exact) mass is 307 g/mol. The van der Waals surface area contributed by atoms with E-state index >= 15 is 0 Å². The molecule has 4 nitrogen and oxygen atoms in total. The minimum absolute atomic E-state index is 0.0547. The van der Waals surface area contributed by atoms with Crippen LogP contribution in [0.4, 0.5) is 5.69 Å². The van der Waals surface area contributed by atoms with E-state index in [-0.39, 0.29) is 5.91 Å². The molecule has 0 spiro atoms. The number of hydrogen-bond donors (Lipinski definition) is 2. The van der Waals surface area contributed by atoms with Crippen LogP contribution < -0.4 is 10.2 Å². The Morgan fingerprint density at radius 3 is 2.55 bits per heavy atom. The van der Waals surface area contributed by atoms with Crippen LogP contribution in [-0.4, -0.2) is 16.0 Å². The number of hydrogen-bond acceptors (Lipinski definition) is 2. The van der Waals surface area contributed by atoms with Crippen LogP contribution in [0.3, 0.4) is 0 Å². The second-order valence-corrected chi connectivity index (χ2v) is 5.57. The summed E-state index contributed by atoms with van der Waals surface area (Å²) in [6, 6.07) is 16.9. The van der Waals surface area contributed by atoms with E-state index in [0.717, 1.165) is 22.2 Å². The Hall–Kier alpha value is -2.66. The van der Waals surface area contributed by atoms with Crippen LogP contribution in [0.5, 0.6) is 0 Å². The van der Waals surface area contributed by atoms with Crippen molar-refractivity contribution >= 4 is 39.8 Å². The lowest BCUT2D eigenvalue weighted by atomic mass is 10.1. The van der Waals surface area contributed by atoms with Crippen molar-refractivity contribution in [2.45, 2.75) is 6.04 Å². The van der Waals surface area contributed by atoms with Gasteiger partial charge in [0.1, 0.15) is 6.04 Å². The first-order valence-corrected chi connectivity index (χ1v) is 7.42. The van der Waals surface area contributed by atoms with Crippen molar-refractivity contribution in [2.24, 2.45) is 0 Å². The first kappa shape index (κ1) is 13.0. The highest BCUT2D eigenvalue weighted by Crippen LogP contribution is 2.31. The van der Waals surface area contributed by atoms with Crippen LogP contribution in [0.1, 0.15) is 11.6 Å². The van der Waals surface area contributed by atoms with Crippen molar-refractivity contribution in [3.63, 3.8) is 0 Å². The van der Waals surface area contributed by atoms with Crippen LogP contribution in [0.15, 0.2) is 60.8 Å². The van der Waals surface area contributed by atoms with E-state index in [0.29, 0.717) is 5.11 Å². The Morgan fingerprint density at radius 1 is 1.00 bits per heavy atom. The number of fused-ring (bicyclic) bond motifs is 1. The molecule has 1 amide bonds. The number of rotatable bonds is 2. The third-order valence-electron chi connectivity index (χ3n) is 3.88. The Morgan fingerprint density at radius 2 is 1.73 bits per heavy atom. The third kappa shape index (κ3) is 1.90. The summed E-state index contributed by atoms with van der Waals surface area (Å²) in [7, 11) is 0. The summed E-state index contributed by atoms with van der Waals surface area (Å²) in [5.74, 6) is -0.0547. The molecule has 2 heterocycles. The first-order valence-electron chi connectivity index (χ1n) is 7.01. The summed E-state index contributed by atoms with van der Waals surface area (Å²) in [6.07, 6.45) is 1.87. The number of thiocarbonyl (C=S) groups is 1. The maximum atomic E-state index is 12.8. The van der Waals surface area contributed by atoms with Crippen LogP contribution in [0.2, 0.25) is 0 Å². The molecule has 3 aromatic rings. The molecule has 1 fully saturated rings. The van der Waals surface area contributed by atoms with E-state index in [2.05, 4.69) is 10.3 Å². The number of carbonyl (C=O) groups is 1. The minimum atomic E-state index is -0.455. The quantitative estimate of drug-likeness (QED) is 0.715. The number of anilines is 1. The molecule has 22 heavy (non-hydrogen) atoms. The average Bonchev–Trinajstić information content (AvgIpc) is 3.09. The molecular formula is C17H13N3OS. The van der Waals surface area contributed by atoms with Crippen molar-refractivity contribution in [1.82, 2.24) is 10.3 Å². The molecule has 0 aliphatic carbocycles. The number of aromatic amines is 1. The number of nitrogens with zero attached hydrogens (tertiary/aromatic N) is 1. The highest BCUT2D eigenvalue weighted by Gasteiger charge is 2.38. The number of para-hydroxylation sites is 2. The van der Waals surface area contributed by atoms with Gasteiger partial charge in [-0.15, -0.1) is 0 Å². The van der Waals surface area contributed by atoms with Gasteiger partial charge >= 0.3 is 0 Å². The van der Waals surface area contributed by atoms with Gasteiger partial charge in [-0.3, -0.25) is 9.69 Å².